The molecule has 0 spiro atoms. The average Bonchev–Trinajstić information content (AvgIpc) is 2.99. The number of aliphatic carboxylic acids is 1. The van der Waals surface area contributed by atoms with Crippen LogP contribution in [0.2, 0.25) is 0 Å². The monoisotopic (exact) mass is 481 g/mol. The molecule has 9 nitrogen and oxygen atoms in total. The van der Waals surface area contributed by atoms with E-state index in [0.717, 1.165) is 19.3 Å². The molecule has 1 aliphatic heterocycles. The van der Waals surface area contributed by atoms with Gasteiger partial charge in [0.1, 0.15) is 24.4 Å². The molecule has 0 bridgehead atoms. The molecule has 1 saturated carbocycles. The van der Waals surface area contributed by atoms with Crippen molar-refractivity contribution in [2.45, 2.75) is 63.6 Å². The third-order valence-corrected chi connectivity index (χ3v) is 6.90. The van der Waals surface area contributed by atoms with Crippen LogP contribution in [0.25, 0.3) is 0 Å². The number of hydrogen-bond donors (Lipinski definition) is 2. The Labute approximate surface area is 204 Å². The van der Waals surface area contributed by atoms with E-state index in [2.05, 4.69) is 5.32 Å². The molecule has 0 saturated heterocycles. The smallest absolute Gasteiger partial charge is 0.320 e. The Morgan fingerprint density at radius 1 is 1.14 bits per heavy atom. The number of amides is 1. The number of fused-ring (bicyclic) bond motifs is 1. The molecule has 2 aliphatic rings. The van der Waals surface area contributed by atoms with E-state index in [4.69, 9.17) is 4.74 Å². The summed E-state index contributed by atoms with van der Waals surface area (Å²) in [5.41, 5.74) is 1.27. The van der Waals surface area contributed by atoms with E-state index >= 15 is 0 Å². The largest absolute Gasteiger partial charge is 0.489 e. The van der Waals surface area contributed by atoms with Gasteiger partial charge in [-0.15, -0.1) is 0 Å². The average molecular weight is 482 g/mol. The molecule has 1 heterocycles. The number of benzene rings is 2. The summed E-state index contributed by atoms with van der Waals surface area (Å²) in [5, 5.41) is 23.9. The highest BCUT2D eigenvalue weighted by Gasteiger charge is 2.34. The Bertz CT molecular complexity index is 1050. The lowest BCUT2D eigenvalue weighted by atomic mass is 9.85. The maximum atomic E-state index is 13.6. The summed E-state index contributed by atoms with van der Waals surface area (Å²) >= 11 is 0. The van der Waals surface area contributed by atoms with Crippen LogP contribution >= 0.6 is 0 Å². The predicted octanol–water partition coefficient (Wildman–Crippen LogP) is 4.29. The van der Waals surface area contributed by atoms with Crippen LogP contribution in [-0.4, -0.2) is 40.6 Å². The van der Waals surface area contributed by atoms with Gasteiger partial charge in [0.25, 0.3) is 5.69 Å². The standard InChI is InChI=1S/C26H31N3O6/c30-25-22(27-21(26(31)32)15-12-18-6-2-1-3-7-18)17-35-24-9-5-4-8-23(24)28(25)16-19-10-13-20(14-11-19)29(33)34/h4-5,8-11,13-14,18,21-22,27H,1-3,6-7,12,15-17H2,(H,31,32)/t21-,22-/m0/s1. The molecule has 0 aromatic heterocycles. The molecular formula is C26H31N3O6. The number of nitrogens with zero attached hydrogens (tertiary/aromatic N) is 2. The van der Waals surface area contributed by atoms with Crippen LogP contribution in [-0.2, 0) is 16.1 Å². The Morgan fingerprint density at radius 2 is 1.86 bits per heavy atom. The van der Waals surface area contributed by atoms with Gasteiger partial charge in [-0.3, -0.25) is 25.0 Å². The van der Waals surface area contributed by atoms with Crippen molar-refractivity contribution in [3.63, 3.8) is 0 Å². The summed E-state index contributed by atoms with van der Waals surface area (Å²) < 4.78 is 5.92. The molecule has 0 unspecified atom stereocenters. The number of nitrogens with one attached hydrogen (secondary N) is 1. The number of nitro benzene ring substituents is 1. The van der Waals surface area contributed by atoms with E-state index in [1.165, 1.54) is 31.4 Å². The fourth-order valence-electron chi connectivity index (χ4n) is 4.94. The van der Waals surface area contributed by atoms with Gasteiger partial charge in [0.05, 0.1) is 17.2 Å². The van der Waals surface area contributed by atoms with Crippen molar-refractivity contribution < 1.29 is 24.4 Å². The van der Waals surface area contributed by atoms with E-state index < -0.39 is 23.0 Å². The zero-order chi connectivity index (χ0) is 24.8. The van der Waals surface area contributed by atoms with E-state index in [9.17, 15) is 24.8 Å². The number of carboxylic acids is 1. The quantitative estimate of drug-likeness (QED) is 0.405. The zero-order valence-corrected chi connectivity index (χ0v) is 19.6. The minimum Gasteiger partial charge on any atom is -0.489 e. The van der Waals surface area contributed by atoms with Crippen molar-refractivity contribution >= 4 is 23.3 Å². The molecule has 4 rings (SSSR count). The zero-order valence-electron chi connectivity index (χ0n) is 19.6. The van der Waals surface area contributed by atoms with E-state index in [0.29, 0.717) is 29.3 Å². The lowest BCUT2D eigenvalue weighted by Crippen LogP contribution is -2.53. The number of hydrogen-bond acceptors (Lipinski definition) is 6. The third-order valence-electron chi connectivity index (χ3n) is 6.90. The molecule has 2 atom stereocenters. The van der Waals surface area contributed by atoms with Crippen LogP contribution < -0.4 is 15.0 Å². The third kappa shape index (κ3) is 6.16. The van der Waals surface area contributed by atoms with Crippen molar-refractivity contribution in [2.75, 3.05) is 11.5 Å². The molecule has 2 N–H and O–H groups in total. The number of ether oxygens (including phenoxy) is 1. The number of rotatable bonds is 9. The molecule has 0 radical (unpaired) electrons. The number of para-hydroxylation sites is 2. The van der Waals surface area contributed by atoms with E-state index in [1.807, 2.05) is 6.07 Å². The van der Waals surface area contributed by atoms with Gasteiger partial charge in [-0.25, -0.2) is 0 Å². The van der Waals surface area contributed by atoms with Gasteiger partial charge in [0.2, 0.25) is 5.91 Å². The van der Waals surface area contributed by atoms with Crippen molar-refractivity contribution in [1.29, 1.82) is 0 Å². The number of anilines is 1. The van der Waals surface area contributed by atoms with Crippen LogP contribution in [0.15, 0.2) is 48.5 Å². The minimum absolute atomic E-state index is 0.0137. The molecule has 9 heteroatoms. The van der Waals surface area contributed by atoms with Crippen LogP contribution in [0.4, 0.5) is 11.4 Å². The number of nitro groups is 1. The molecule has 1 fully saturated rings. The van der Waals surface area contributed by atoms with Gasteiger partial charge < -0.3 is 14.7 Å². The summed E-state index contributed by atoms with van der Waals surface area (Å²) in [6.07, 6.45) is 7.18. The van der Waals surface area contributed by atoms with Gasteiger partial charge in [-0.05, 0) is 36.5 Å². The van der Waals surface area contributed by atoms with Crippen LogP contribution in [0.5, 0.6) is 5.75 Å². The second-order valence-electron chi connectivity index (χ2n) is 9.32. The van der Waals surface area contributed by atoms with Crippen LogP contribution in [0.3, 0.4) is 0 Å². The molecule has 1 aliphatic carbocycles. The highest BCUT2D eigenvalue weighted by atomic mass is 16.6. The van der Waals surface area contributed by atoms with Gasteiger partial charge in [0, 0.05) is 12.1 Å². The maximum absolute atomic E-state index is 13.6. The topological polar surface area (TPSA) is 122 Å². The van der Waals surface area contributed by atoms with Crippen molar-refractivity contribution in [3.05, 3.63) is 64.2 Å². The second kappa shape index (κ2) is 11.3. The summed E-state index contributed by atoms with van der Waals surface area (Å²) in [6, 6.07) is 11.5. The summed E-state index contributed by atoms with van der Waals surface area (Å²) in [6.45, 7) is 0.189. The molecule has 35 heavy (non-hydrogen) atoms. The fraction of sp³-hybridized carbons (Fsp3) is 0.462. The minimum atomic E-state index is -0.975. The normalized spacial score (nSPS) is 19.4. The first-order valence-electron chi connectivity index (χ1n) is 12.2. The molecular weight excluding hydrogens is 450 g/mol. The Kier molecular flexibility index (Phi) is 7.97. The Morgan fingerprint density at radius 3 is 2.54 bits per heavy atom. The van der Waals surface area contributed by atoms with Crippen LogP contribution in [0, 0.1) is 16.0 Å². The number of carbonyl (C=O) groups is 2. The first kappa shape index (κ1) is 24.7. The van der Waals surface area contributed by atoms with Gasteiger partial charge in [0.15, 0.2) is 0 Å². The SMILES string of the molecule is O=C(O)[C@H](CCC1CCCCC1)N[C@H]1COc2ccccc2N(Cc2ccc([N+](=O)[O-])cc2)C1=O. The fourth-order valence-corrected chi connectivity index (χ4v) is 4.94. The van der Waals surface area contributed by atoms with Gasteiger partial charge in [-0.1, -0.05) is 56.4 Å². The van der Waals surface area contributed by atoms with Gasteiger partial charge in [-0.2, -0.15) is 0 Å². The Hall–Kier alpha value is -3.46. The highest BCUT2D eigenvalue weighted by Crippen LogP contribution is 2.33. The number of carbonyl (C=O) groups excluding carboxylic acids is 1. The summed E-state index contributed by atoms with van der Waals surface area (Å²) in [4.78, 5) is 37.7. The highest BCUT2D eigenvalue weighted by molar-refractivity contribution is 5.99. The lowest BCUT2D eigenvalue weighted by Gasteiger charge is -2.28. The van der Waals surface area contributed by atoms with Crippen molar-refractivity contribution in [2.24, 2.45) is 5.92 Å². The first-order chi connectivity index (χ1) is 16.9. The predicted molar refractivity (Wildman–Crippen MR) is 130 cm³/mol. The van der Waals surface area contributed by atoms with Gasteiger partial charge >= 0.3 is 5.97 Å². The Balaban J connectivity index is 1.51. The number of carboxylic acid groups (broad SMARTS) is 1. The van der Waals surface area contributed by atoms with Crippen molar-refractivity contribution in [3.8, 4) is 5.75 Å². The second-order valence-corrected chi connectivity index (χ2v) is 9.32. The summed E-state index contributed by atoms with van der Waals surface area (Å²) in [5.74, 6) is -0.202. The first-order valence-corrected chi connectivity index (χ1v) is 12.2. The van der Waals surface area contributed by atoms with E-state index in [-0.39, 0.29) is 24.7 Å². The molecule has 1 amide bonds. The molecule has 2 aromatic carbocycles. The van der Waals surface area contributed by atoms with Crippen LogP contribution in [0.1, 0.15) is 50.5 Å². The summed E-state index contributed by atoms with van der Waals surface area (Å²) in [7, 11) is 0. The van der Waals surface area contributed by atoms with E-state index in [1.54, 1.807) is 35.2 Å². The molecule has 2 aromatic rings. The maximum Gasteiger partial charge on any atom is 0.320 e. The number of non-ortho nitro benzene ring substituents is 1. The lowest BCUT2D eigenvalue weighted by molar-refractivity contribution is -0.384. The molecule has 186 valence electrons. The van der Waals surface area contributed by atoms with Crippen molar-refractivity contribution in [1.82, 2.24) is 5.32 Å².